The van der Waals surface area contributed by atoms with Crippen LogP contribution in [0.4, 0.5) is 8.78 Å². The van der Waals surface area contributed by atoms with Crippen LogP contribution in [0, 0.1) is 11.6 Å². The third-order valence-electron chi connectivity index (χ3n) is 3.11. The van der Waals surface area contributed by atoms with Gasteiger partial charge in [-0.2, -0.15) is 0 Å². The van der Waals surface area contributed by atoms with Gasteiger partial charge in [-0.15, -0.1) is 11.8 Å². The Balaban J connectivity index is 1.87. The first kappa shape index (κ1) is 13.8. The van der Waals surface area contributed by atoms with E-state index < -0.39 is 11.6 Å². The lowest BCUT2D eigenvalue weighted by atomic mass is 10.2. The van der Waals surface area contributed by atoms with E-state index in [1.807, 2.05) is 12.1 Å². The molecule has 1 heterocycles. The highest BCUT2D eigenvalue weighted by molar-refractivity contribution is 7.98. The molecule has 0 radical (unpaired) electrons. The Morgan fingerprint density at radius 2 is 1.86 bits per heavy atom. The molecule has 0 saturated carbocycles. The lowest BCUT2D eigenvalue weighted by molar-refractivity contribution is 0.576. The van der Waals surface area contributed by atoms with Gasteiger partial charge in [-0.05, 0) is 23.8 Å². The van der Waals surface area contributed by atoms with E-state index in [4.69, 9.17) is 0 Å². The van der Waals surface area contributed by atoms with Crippen molar-refractivity contribution in [1.82, 2.24) is 4.98 Å². The minimum Gasteiger partial charge on any atom is -0.350 e. The zero-order chi connectivity index (χ0) is 14.8. The Labute approximate surface area is 123 Å². The molecule has 3 rings (SSSR count). The van der Waals surface area contributed by atoms with Gasteiger partial charge < -0.3 is 4.98 Å². The minimum absolute atomic E-state index is 0.0774. The van der Waals surface area contributed by atoms with Crippen LogP contribution in [0.1, 0.15) is 5.56 Å². The number of hydrogen-bond acceptors (Lipinski definition) is 2. The fraction of sp³-hybridized carbons (Fsp3) is 0.0625. The first-order chi connectivity index (χ1) is 10.1. The van der Waals surface area contributed by atoms with Crippen molar-refractivity contribution in [1.29, 1.82) is 0 Å². The molecule has 0 saturated heterocycles. The second-order valence-corrected chi connectivity index (χ2v) is 5.59. The number of halogens is 2. The molecule has 0 aliphatic heterocycles. The summed E-state index contributed by atoms with van der Waals surface area (Å²) in [6.45, 7) is 0. The van der Waals surface area contributed by atoms with E-state index in [0.717, 1.165) is 11.6 Å². The molecule has 3 aromatic rings. The number of fused-ring (bicyclic) bond motifs is 1. The van der Waals surface area contributed by atoms with Gasteiger partial charge in [0.05, 0.1) is 10.5 Å². The van der Waals surface area contributed by atoms with Crippen LogP contribution in [0.5, 0.6) is 0 Å². The Morgan fingerprint density at radius 1 is 1.05 bits per heavy atom. The molecule has 21 heavy (non-hydrogen) atoms. The summed E-state index contributed by atoms with van der Waals surface area (Å²) in [6.07, 6.45) is 0. The van der Waals surface area contributed by atoms with Gasteiger partial charge in [0, 0.05) is 23.3 Å². The largest absolute Gasteiger partial charge is 0.350 e. The normalized spacial score (nSPS) is 11.0. The third-order valence-corrected chi connectivity index (χ3v) is 4.10. The van der Waals surface area contributed by atoms with Gasteiger partial charge in [0.2, 0.25) is 0 Å². The fourth-order valence-electron chi connectivity index (χ4n) is 2.04. The topological polar surface area (TPSA) is 32.9 Å². The number of aromatic amines is 1. The SMILES string of the molecule is O=c1cc(SCc2ccc(F)cc2F)[nH]c2ccccc12. The second-order valence-electron chi connectivity index (χ2n) is 4.57. The van der Waals surface area contributed by atoms with Gasteiger partial charge in [-0.1, -0.05) is 18.2 Å². The van der Waals surface area contributed by atoms with Gasteiger partial charge in [-0.3, -0.25) is 4.79 Å². The van der Waals surface area contributed by atoms with Crippen molar-refractivity contribution in [3.05, 3.63) is 76.0 Å². The Bertz CT molecular complexity index is 860. The van der Waals surface area contributed by atoms with E-state index in [2.05, 4.69) is 4.98 Å². The Morgan fingerprint density at radius 3 is 2.67 bits per heavy atom. The molecule has 0 amide bonds. The highest BCUT2D eigenvalue weighted by atomic mass is 32.2. The predicted molar refractivity (Wildman–Crippen MR) is 80.5 cm³/mol. The Kier molecular flexibility index (Phi) is 3.75. The molecule has 1 N–H and O–H groups in total. The van der Waals surface area contributed by atoms with Crippen LogP contribution in [-0.4, -0.2) is 4.98 Å². The average molecular weight is 303 g/mol. The summed E-state index contributed by atoms with van der Waals surface area (Å²) in [4.78, 5) is 15.1. The molecular formula is C16H11F2NOS. The summed E-state index contributed by atoms with van der Waals surface area (Å²) in [6, 6.07) is 12.2. The average Bonchev–Trinajstić information content (AvgIpc) is 2.46. The summed E-state index contributed by atoms with van der Waals surface area (Å²) in [5, 5.41) is 1.28. The summed E-state index contributed by atoms with van der Waals surface area (Å²) in [5.41, 5.74) is 1.06. The van der Waals surface area contributed by atoms with Crippen LogP contribution < -0.4 is 5.43 Å². The molecule has 0 aliphatic rings. The van der Waals surface area contributed by atoms with Crippen molar-refractivity contribution in [3.8, 4) is 0 Å². The molecule has 0 aliphatic carbocycles. The van der Waals surface area contributed by atoms with E-state index in [1.54, 1.807) is 12.1 Å². The van der Waals surface area contributed by atoms with Crippen LogP contribution in [0.2, 0.25) is 0 Å². The standard InChI is InChI=1S/C16H11F2NOS/c17-11-6-5-10(13(18)7-11)9-21-16-8-15(20)12-3-1-2-4-14(12)19-16/h1-8H,9H2,(H,19,20). The van der Waals surface area contributed by atoms with Gasteiger partial charge in [0.25, 0.3) is 0 Å². The maximum absolute atomic E-state index is 13.6. The number of pyridine rings is 1. The zero-order valence-electron chi connectivity index (χ0n) is 10.9. The molecule has 0 bridgehead atoms. The lowest BCUT2D eigenvalue weighted by Gasteiger charge is -2.05. The molecule has 0 unspecified atom stereocenters. The number of benzene rings is 2. The minimum atomic E-state index is -0.597. The number of aromatic nitrogens is 1. The summed E-state index contributed by atoms with van der Waals surface area (Å²) in [5.74, 6) is -0.855. The Hall–Kier alpha value is -2.14. The number of thioether (sulfide) groups is 1. The number of para-hydroxylation sites is 1. The van der Waals surface area contributed by atoms with Gasteiger partial charge in [0.1, 0.15) is 11.6 Å². The van der Waals surface area contributed by atoms with Crippen LogP contribution in [-0.2, 0) is 5.75 Å². The van der Waals surface area contributed by atoms with E-state index >= 15 is 0 Å². The summed E-state index contributed by atoms with van der Waals surface area (Å²) >= 11 is 1.30. The van der Waals surface area contributed by atoms with Crippen LogP contribution in [0.15, 0.2) is 58.4 Å². The first-order valence-electron chi connectivity index (χ1n) is 6.32. The van der Waals surface area contributed by atoms with E-state index in [0.29, 0.717) is 21.7 Å². The molecule has 1 aromatic heterocycles. The maximum atomic E-state index is 13.6. The van der Waals surface area contributed by atoms with Crippen molar-refractivity contribution >= 4 is 22.7 Å². The first-order valence-corrected chi connectivity index (χ1v) is 7.31. The third kappa shape index (κ3) is 2.97. The number of rotatable bonds is 3. The second kappa shape index (κ2) is 5.69. The van der Waals surface area contributed by atoms with E-state index in [9.17, 15) is 13.6 Å². The zero-order valence-corrected chi connectivity index (χ0v) is 11.7. The molecule has 0 atom stereocenters. The maximum Gasteiger partial charge on any atom is 0.190 e. The van der Waals surface area contributed by atoms with Gasteiger partial charge in [-0.25, -0.2) is 8.78 Å². The number of H-pyrrole nitrogens is 1. The van der Waals surface area contributed by atoms with Crippen molar-refractivity contribution in [3.63, 3.8) is 0 Å². The monoisotopic (exact) mass is 303 g/mol. The van der Waals surface area contributed by atoms with Crippen LogP contribution >= 0.6 is 11.8 Å². The molecule has 2 nitrogen and oxygen atoms in total. The quantitative estimate of drug-likeness (QED) is 0.739. The summed E-state index contributed by atoms with van der Waals surface area (Å²) < 4.78 is 26.4. The van der Waals surface area contributed by atoms with Crippen LogP contribution in [0.3, 0.4) is 0 Å². The van der Waals surface area contributed by atoms with Crippen molar-refractivity contribution in [2.45, 2.75) is 10.8 Å². The van der Waals surface area contributed by atoms with E-state index in [1.165, 1.54) is 30.0 Å². The van der Waals surface area contributed by atoms with E-state index in [-0.39, 0.29) is 5.43 Å². The smallest absolute Gasteiger partial charge is 0.190 e. The molecular weight excluding hydrogens is 292 g/mol. The highest BCUT2D eigenvalue weighted by Crippen LogP contribution is 2.23. The molecule has 0 spiro atoms. The fourth-order valence-corrected chi connectivity index (χ4v) is 2.96. The van der Waals surface area contributed by atoms with Gasteiger partial charge in [0.15, 0.2) is 5.43 Å². The predicted octanol–water partition coefficient (Wildman–Crippen LogP) is 4.10. The highest BCUT2D eigenvalue weighted by Gasteiger charge is 2.06. The molecule has 106 valence electrons. The summed E-state index contributed by atoms with van der Waals surface area (Å²) in [7, 11) is 0. The lowest BCUT2D eigenvalue weighted by Crippen LogP contribution is -2.02. The van der Waals surface area contributed by atoms with Crippen LogP contribution in [0.25, 0.3) is 10.9 Å². The van der Waals surface area contributed by atoms with Crippen molar-refractivity contribution < 1.29 is 8.78 Å². The molecule has 0 fully saturated rings. The molecule has 2 aromatic carbocycles. The van der Waals surface area contributed by atoms with Crippen molar-refractivity contribution in [2.24, 2.45) is 0 Å². The number of hydrogen-bond donors (Lipinski definition) is 1. The number of nitrogens with one attached hydrogen (secondary N) is 1. The van der Waals surface area contributed by atoms with Crippen molar-refractivity contribution in [2.75, 3.05) is 0 Å². The molecule has 5 heteroatoms. The van der Waals surface area contributed by atoms with Gasteiger partial charge >= 0.3 is 0 Å².